The van der Waals surface area contributed by atoms with Crippen LogP contribution in [0.5, 0.6) is 0 Å². The topological polar surface area (TPSA) is 33.4 Å². The lowest BCUT2D eigenvalue weighted by molar-refractivity contribution is 0.431. The number of nitrogens with zero attached hydrogens (tertiary/aromatic N) is 4. The Morgan fingerprint density at radius 3 is 2.73 bits per heavy atom. The summed E-state index contributed by atoms with van der Waals surface area (Å²) in [6.07, 6.45) is 2.79. The van der Waals surface area contributed by atoms with Gasteiger partial charge in [-0.3, -0.25) is 8.79 Å². The third-order valence-corrected chi connectivity index (χ3v) is 5.30. The third kappa shape index (κ3) is 1.68. The fourth-order valence-electron chi connectivity index (χ4n) is 4.11. The summed E-state index contributed by atoms with van der Waals surface area (Å²) in [6.45, 7) is 1.85. The minimum Gasteiger partial charge on any atom is -0.356 e. The van der Waals surface area contributed by atoms with E-state index >= 15 is 0 Å². The van der Waals surface area contributed by atoms with Gasteiger partial charge in [0.15, 0.2) is 0 Å². The SMILES string of the molecule is FCCC1C2CN(c3ccn4c(n3)nc3ccccc34)CC12. The molecule has 5 heteroatoms. The van der Waals surface area contributed by atoms with E-state index in [1.807, 2.05) is 22.6 Å². The predicted molar refractivity (Wildman–Crippen MR) is 83.8 cm³/mol. The highest BCUT2D eigenvalue weighted by Gasteiger charge is 2.55. The minimum atomic E-state index is -0.178. The van der Waals surface area contributed by atoms with Gasteiger partial charge >= 0.3 is 0 Å². The molecule has 0 radical (unpaired) electrons. The average Bonchev–Trinajstić information content (AvgIpc) is 2.93. The summed E-state index contributed by atoms with van der Waals surface area (Å²) in [5, 5.41) is 0. The number of aromatic nitrogens is 3. The van der Waals surface area contributed by atoms with Crippen molar-refractivity contribution in [2.75, 3.05) is 24.7 Å². The Bertz CT molecular complexity index is 846. The number of halogens is 1. The molecule has 2 unspecified atom stereocenters. The van der Waals surface area contributed by atoms with Crippen LogP contribution in [0, 0.1) is 17.8 Å². The van der Waals surface area contributed by atoms with E-state index in [0.717, 1.165) is 42.1 Å². The normalized spacial score (nSPS) is 26.8. The first kappa shape index (κ1) is 12.4. The quantitative estimate of drug-likeness (QED) is 0.745. The first-order valence-electron chi connectivity index (χ1n) is 7.90. The number of rotatable bonds is 3. The van der Waals surface area contributed by atoms with E-state index in [1.54, 1.807) is 0 Å². The molecule has 2 fully saturated rings. The lowest BCUT2D eigenvalue weighted by atomic mass is 10.2. The standard InChI is InChI=1S/C17H17FN4/c18-7-5-11-12-9-21(10-13(11)12)16-6-8-22-15-4-2-1-3-14(15)19-17(22)20-16/h1-4,6,8,11-13H,5,7,9-10H2. The van der Waals surface area contributed by atoms with Crippen LogP contribution in [0.25, 0.3) is 16.8 Å². The van der Waals surface area contributed by atoms with Gasteiger partial charge in [0.1, 0.15) is 5.82 Å². The zero-order valence-electron chi connectivity index (χ0n) is 12.2. The molecule has 2 aliphatic rings. The zero-order chi connectivity index (χ0) is 14.7. The molecule has 3 aromatic rings. The summed E-state index contributed by atoms with van der Waals surface area (Å²) in [7, 11) is 0. The molecular weight excluding hydrogens is 279 g/mol. The van der Waals surface area contributed by atoms with E-state index in [9.17, 15) is 4.39 Å². The van der Waals surface area contributed by atoms with Gasteiger partial charge in [-0.25, -0.2) is 4.98 Å². The Morgan fingerprint density at radius 1 is 1.09 bits per heavy atom. The molecule has 2 atom stereocenters. The number of fused-ring (bicyclic) bond motifs is 4. The van der Waals surface area contributed by atoms with Crippen molar-refractivity contribution in [3.8, 4) is 0 Å². The second-order valence-electron chi connectivity index (χ2n) is 6.43. The number of alkyl halides is 1. The molecule has 22 heavy (non-hydrogen) atoms. The lowest BCUT2D eigenvalue weighted by Gasteiger charge is -2.20. The summed E-state index contributed by atoms with van der Waals surface area (Å²) in [6, 6.07) is 10.1. The van der Waals surface area contributed by atoms with Crippen molar-refractivity contribution in [1.29, 1.82) is 0 Å². The average molecular weight is 296 g/mol. The second kappa shape index (κ2) is 4.41. The largest absolute Gasteiger partial charge is 0.356 e. The van der Waals surface area contributed by atoms with Crippen LogP contribution in [0.3, 0.4) is 0 Å². The van der Waals surface area contributed by atoms with Crippen LogP contribution in [-0.2, 0) is 0 Å². The number of anilines is 1. The predicted octanol–water partition coefficient (Wildman–Crippen LogP) is 2.92. The van der Waals surface area contributed by atoms with Gasteiger partial charge < -0.3 is 4.90 Å². The Morgan fingerprint density at radius 2 is 1.91 bits per heavy atom. The zero-order valence-corrected chi connectivity index (χ0v) is 12.2. The molecule has 0 spiro atoms. The minimum absolute atomic E-state index is 0.178. The molecular formula is C17H17FN4. The molecule has 1 saturated carbocycles. The van der Waals surface area contributed by atoms with Crippen LogP contribution in [0.15, 0.2) is 36.5 Å². The van der Waals surface area contributed by atoms with Crippen molar-refractivity contribution in [1.82, 2.24) is 14.4 Å². The van der Waals surface area contributed by atoms with Gasteiger partial charge in [-0.1, -0.05) is 12.1 Å². The van der Waals surface area contributed by atoms with E-state index in [0.29, 0.717) is 17.8 Å². The number of para-hydroxylation sites is 2. The summed E-state index contributed by atoms with van der Waals surface area (Å²) < 4.78 is 14.5. The van der Waals surface area contributed by atoms with Crippen molar-refractivity contribution >= 4 is 22.6 Å². The maximum absolute atomic E-state index is 12.4. The van der Waals surface area contributed by atoms with Crippen LogP contribution in [-0.4, -0.2) is 34.1 Å². The number of hydrogen-bond acceptors (Lipinski definition) is 3. The van der Waals surface area contributed by atoms with Crippen molar-refractivity contribution in [3.63, 3.8) is 0 Å². The molecule has 1 saturated heterocycles. The monoisotopic (exact) mass is 296 g/mol. The van der Waals surface area contributed by atoms with Gasteiger partial charge in [0.05, 0.1) is 17.7 Å². The van der Waals surface area contributed by atoms with Crippen molar-refractivity contribution < 1.29 is 4.39 Å². The van der Waals surface area contributed by atoms with Crippen LogP contribution >= 0.6 is 0 Å². The fourth-order valence-corrected chi connectivity index (χ4v) is 4.11. The molecule has 3 heterocycles. The lowest BCUT2D eigenvalue weighted by Crippen LogP contribution is -2.25. The molecule has 0 bridgehead atoms. The van der Waals surface area contributed by atoms with E-state index in [4.69, 9.17) is 4.98 Å². The van der Waals surface area contributed by atoms with E-state index in [2.05, 4.69) is 28.2 Å². The van der Waals surface area contributed by atoms with Crippen molar-refractivity contribution in [2.45, 2.75) is 6.42 Å². The molecule has 5 rings (SSSR count). The second-order valence-corrected chi connectivity index (χ2v) is 6.43. The number of piperidine rings is 1. The molecule has 1 aromatic carbocycles. The summed E-state index contributed by atoms with van der Waals surface area (Å²) in [5.74, 6) is 3.70. The van der Waals surface area contributed by atoms with E-state index in [-0.39, 0.29) is 6.67 Å². The van der Waals surface area contributed by atoms with E-state index in [1.165, 1.54) is 0 Å². The van der Waals surface area contributed by atoms with Gasteiger partial charge in [-0.15, -0.1) is 0 Å². The molecule has 1 aliphatic carbocycles. The Hall–Kier alpha value is -2.17. The van der Waals surface area contributed by atoms with Gasteiger partial charge in [0.25, 0.3) is 0 Å². The molecule has 0 amide bonds. The summed E-state index contributed by atoms with van der Waals surface area (Å²) in [5.41, 5.74) is 2.06. The highest BCUT2D eigenvalue weighted by atomic mass is 19.1. The molecule has 112 valence electrons. The Balaban J connectivity index is 1.46. The van der Waals surface area contributed by atoms with Crippen LogP contribution in [0.2, 0.25) is 0 Å². The van der Waals surface area contributed by atoms with Crippen molar-refractivity contribution in [3.05, 3.63) is 36.5 Å². The Labute approximate surface area is 127 Å². The first-order chi connectivity index (χ1) is 10.8. The summed E-state index contributed by atoms with van der Waals surface area (Å²) in [4.78, 5) is 11.6. The highest BCUT2D eigenvalue weighted by Crippen LogP contribution is 2.54. The first-order valence-corrected chi connectivity index (χ1v) is 7.90. The number of benzene rings is 1. The van der Waals surface area contributed by atoms with Crippen molar-refractivity contribution in [2.24, 2.45) is 17.8 Å². The van der Waals surface area contributed by atoms with Crippen LogP contribution in [0.1, 0.15) is 6.42 Å². The molecule has 4 nitrogen and oxygen atoms in total. The number of imidazole rings is 1. The van der Waals surface area contributed by atoms with Crippen LogP contribution < -0.4 is 4.90 Å². The van der Waals surface area contributed by atoms with Gasteiger partial charge in [0.2, 0.25) is 5.78 Å². The molecule has 2 aromatic heterocycles. The van der Waals surface area contributed by atoms with Gasteiger partial charge in [0, 0.05) is 19.3 Å². The maximum Gasteiger partial charge on any atom is 0.236 e. The molecule has 1 aliphatic heterocycles. The van der Waals surface area contributed by atoms with Gasteiger partial charge in [-0.2, -0.15) is 4.98 Å². The van der Waals surface area contributed by atoms with E-state index < -0.39 is 0 Å². The number of hydrogen-bond donors (Lipinski definition) is 0. The van der Waals surface area contributed by atoms with Crippen LogP contribution in [0.4, 0.5) is 10.2 Å². The highest BCUT2D eigenvalue weighted by molar-refractivity contribution is 5.79. The fraction of sp³-hybridized carbons (Fsp3) is 0.412. The third-order valence-electron chi connectivity index (χ3n) is 5.30. The molecule has 0 N–H and O–H groups in total. The summed E-state index contributed by atoms with van der Waals surface area (Å²) >= 11 is 0. The van der Waals surface area contributed by atoms with Gasteiger partial charge in [-0.05, 0) is 42.4 Å². The maximum atomic E-state index is 12.4. The Kier molecular flexibility index (Phi) is 2.48. The smallest absolute Gasteiger partial charge is 0.236 e.